The molecule has 0 atom stereocenters. The summed E-state index contributed by atoms with van der Waals surface area (Å²) < 4.78 is 4.19. The highest BCUT2D eigenvalue weighted by Gasteiger charge is 2.24. The number of amides is 1. The van der Waals surface area contributed by atoms with Gasteiger partial charge in [-0.15, -0.1) is 0 Å². The lowest BCUT2D eigenvalue weighted by atomic mass is 10.2. The molecule has 0 radical (unpaired) electrons. The minimum absolute atomic E-state index is 0.0158. The first kappa shape index (κ1) is 15.7. The lowest BCUT2D eigenvalue weighted by molar-refractivity contribution is 0.0953. The molecule has 1 N–H and O–H groups in total. The molecule has 5 rings (SSSR count). The van der Waals surface area contributed by atoms with Gasteiger partial charge in [0.05, 0.1) is 22.8 Å². The molecule has 26 heavy (non-hydrogen) atoms. The molecular formula is C21H24N4O. The van der Waals surface area contributed by atoms with Crippen molar-refractivity contribution in [3.05, 3.63) is 48.3 Å². The number of aromatic nitrogens is 3. The largest absolute Gasteiger partial charge is 0.352 e. The number of pyridine rings is 1. The molecule has 3 heterocycles. The normalized spacial score (nSPS) is 17.8. The highest BCUT2D eigenvalue weighted by atomic mass is 16.1. The summed E-state index contributed by atoms with van der Waals surface area (Å²) in [6.07, 6.45) is 11.6. The van der Waals surface area contributed by atoms with Gasteiger partial charge in [-0.05, 0) is 55.9 Å². The second-order valence-electron chi connectivity index (χ2n) is 7.67. The molecule has 0 unspecified atom stereocenters. The van der Waals surface area contributed by atoms with E-state index < -0.39 is 0 Å². The van der Waals surface area contributed by atoms with Crippen LogP contribution in [-0.2, 0) is 0 Å². The maximum atomic E-state index is 12.7. The predicted octanol–water partition coefficient (Wildman–Crippen LogP) is 4.06. The number of rotatable bonds is 5. The van der Waals surface area contributed by atoms with E-state index in [1.165, 1.54) is 38.5 Å². The lowest BCUT2D eigenvalue weighted by Gasteiger charge is -2.08. The third-order valence-corrected chi connectivity index (χ3v) is 5.74. The lowest BCUT2D eigenvalue weighted by Crippen LogP contribution is -2.25. The average Bonchev–Trinajstić information content (AvgIpc) is 3.08. The van der Waals surface area contributed by atoms with Crippen molar-refractivity contribution in [3.63, 3.8) is 0 Å². The van der Waals surface area contributed by atoms with E-state index in [0.717, 1.165) is 29.0 Å². The summed E-state index contributed by atoms with van der Waals surface area (Å²) >= 11 is 0. The van der Waals surface area contributed by atoms with Gasteiger partial charge in [0.15, 0.2) is 0 Å². The van der Waals surface area contributed by atoms with Crippen LogP contribution in [-0.4, -0.2) is 26.6 Å². The molecule has 134 valence electrons. The molecule has 0 aliphatic heterocycles. The summed E-state index contributed by atoms with van der Waals surface area (Å²) in [5, 5.41) is 7.92. The molecule has 0 spiro atoms. The standard InChI is InChI=1S/C21H24N4O/c26-21(22-14-15-8-9-15)17-13-20(24-11-4-3-7-19(17)24)18-10-12-25(23-18)16-5-1-2-6-16/h3-4,7,10-13,15-16H,1-2,5-6,8-9,14H2,(H,22,26). The van der Waals surface area contributed by atoms with Crippen molar-refractivity contribution in [2.75, 3.05) is 6.54 Å². The van der Waals surface area contributed by atoms with Gasteiger partial charge in [-0.2, -0.15) is 5.10 Å². The fraction of sp³-hybridized carbons (Fsp3) is 0.429. The number of carbonyl (C=O) groups is 1. The summed E-state index contributed by atoms with van der Waals surface area (Å²) in [5.74, 6) is 0.691. The van der Waals surface area contributed by atoms with Crippen molar-refractivity contribution >= 4 is 11.4 Å². The summed E-state index contributed by atoms with van der Waals surface area (Å²) in [6, 6.07) is 10.6. The molecule has 2 aliphatic rings. The van der Waals surface area contributed by atoms with Gasteiger partial charge in [0.1, 0.15) is 5.69 Å². The summed E-state index contributed by atoms with van der Waals surface area (Å²) in [4.78, 5) is 12.7. The van der Waals surface area contributed by atoms with Gasteiger partial charge in [-0.1, -0.05) is 18.9 Å². The van der Waals surface area contributed by atoms with Crippen LogP contribution in [0.4, 0.5) is 0 Å². The highest BCUT2D eigenvalue weighted by molar-refractivity contribution is 6.02. The summed E-state index contributed by atoms with van der Waals surface area (Å²) in [7, 11) is 0. The molecule has 3 aromatic heterocycles. The van der Waals surface area contributed by atoms with E-state index in [4.69, 9.17) is 5.10 Å². The van der Waals surface area contributed by atoms with Crippen LogP contribution >= 0.6 is 0 Å². The van der Waals surface area contributed by atoms with Gasteiger partial charge in [0.2, 0.25) is 0 Å². The van der Waals surface area contributed by atoms with E-state index in [2.05, 4.69) is 26.7 Å². The van der Waals surface area contributed by atoms with E-state index in [1.807, 2.05) is 30.5 Å². The third-order valence-electron chi connectivity index (χ3n) is 5.74. The zero-order valence-corrected chi connectivity index (χ0v) is 14.9. The molecule has 2 saturated carbocycles. The Balaban J connectivity index is 1.50. The zero-order chi connectivity index (χ0) is 17.5. The Hall–Kier alpha value is -2.56. The fourth-order valence-corrected chi connectivity index (χ4v) is 4.03. The third kappa shape index (κ3) is 2.81. The molecule has 1 amide bonds. The fourth-order valence-electron chi connectivity index (χ4n) is 4.03. The maximum Gasteiger partial charge on any atom is 0.253 e. The molecule has 0 saturated heterocycles. The number of nitrogens with zero attached hydrogens (tertiary/aromatic N) is 3. The number of hydrogen-bond donors (Lipinski definition) is 1. The summed E-state index contributed by atoms with van der Waals surface area (Å²) in [5.41, 5.74) is 3.58. The SMILES string of the molecule is O=C(NCC1CC1)c1cc(-c2ccn(C3CCCC3)n2)n2ccccc12. The Morgan fingerprint density at radius 2 is 1.96 bits per heavy atom. The van der Waals surface area contributed by atoms with Gasteiger partial charge >= 0.3 is 0 Å². The molecule has 5 heteroatoms. The Kier molecular flexibility index (Phi) is 3.80. The van der Waals surface area contributed by atoms with Crippen LogP contribution in [0.15, 0.2) is 42.7 Å². The number of fused-ring (bicyclic) bond motifs is 1. The van der Waals surface area contributed by atoms with Gasteiger partial charge in [0, 0.05) is 18.9 Å². The molecule has 5 nitrogen and oxygen atoms in total. The highest BCUT2D eigenvalue weighted by Crippen LogP contribution is 2.31. The Labute approximate surface area is 153 Å². The quantitative estimate of drug-likeness (QED) is 0.756. The van der Waals surface area contributed by atoms with Crippen molar-refractivity contribution in [2.45, 2.75) is 44.6 Å². The zero-order valence-electron chi connectivity index (χ0n) is 14.9. The Bertz CT molecular complexity index is 944. The number of carbonyl (C=O) groups excluding carboxylic acids is 1. The second-order valence-corrected chi connectivity index (χ2v) is 7.67. The molecular weight excluding hydrogens is 324 g/mol. The van der Waals surface area contributed by atoms with Crippen LogP contribution in [0.2, 0.25) is 0 Å². The van der Waals surface area contributed by atoms with Crippen molar-refractivity contribution in [1.29, 1.82) is 0 Å². The van der Waals surface area contributed by atoms with Gasteiger partial charge in [-0.25, -0.2) is 0 Å². The molecule has 0 bridgehead atoms. The summed E-state index contributed by atoms with van der Waals surface area (Å²) in [6.45, 7) is 0.786. The van der Waals surface area contributed by atoms with Gasteiger partial charge < -0.3 is 9.72 Å². The van der Waals surface area contributed by atoms with E-state index in [9.17, 15) is 4.79 Å². The van der Waals surface area contributed by atoms with Crippen LogP contribution in [0.3, 0.4) is 0 Å². The smallest absolute Gasteiger partial charge is 0.253 e. The van der Waals surface area contributed by atoms with Crippen LogP contribution in [0.5, 0.6) is 0 Å². The first-order valence-corrected chi connectivity index (χ1v) is 9.73. The monoisotopic (exact) mass is 348 g/mol. The van der Waals surface area contributed by atoms with Crippen molar-refractivity contribution in [3.8, 4) is 11.4 Å². The van der Waals surface area contributed by atoms with E-state index >= 15 is 0 Å². The molecule has 2 fully saturated rings. The number of nitrogens with one attached hydrogen (secondary N) is 1. The van der Waals surface area contributed by atoms with E-state index in [0.29, 0.717) is 12.0 Å². The molecule has 0 aromatic carbocycles. The Morgan fingerprint density at radius 1 is 1.12 bits per heavy atom. The minimum atomic E-state index is 0.0158. The van der Waals surface area contributed by atoms with Crippen LogP contribution < -0.4 is 5.32 Å². The van der Waals surface area contributed by atoms with Crippen molar-refractivity contribution in [1.82, 2.24) is 19.5 Å². The molecule has 3 aromatic rings. The second kappa shape index (κ2) is 6.31. The first-order valence-electron chi connectivity index (χ1n) is 9.73. The van der Waals surface area contributed by atoms with Crippen LogP contribution in [0.25, 0.3) is 16.9 Å². The Morgan fingerprint density at radius 3 is 2.77 bits per heavy atom. The number of hydrogen-bond acceptors (Lipinski definition) is 2. The van der Waals surface area contributed by atoms with Crippen LogP contribution in [0, 0.1) is 5.92 Å². The predicted molar refractivity (Wildman–Crippen MR) is 101 cm³/mol. The van der Waals surface area contributed by atoms with E-state index in [1.54, 1.807) is 0 Å². The topological polar surface area (TPSA) is 51.3 Å². The van der Waals surface area contributed by atoms with Crippen molar-refractivity contribution in [2.24, 2.45) is 5.92 Å². The average molecular weight is 348 g/mol. The maximum absolute atomic E-state index is 12.7. The van der Waals surface area contributed by atoms with Crippen molar-refractivity contribution < 1.29 is 4.79 Å². The van der Waals surface area contributed by atoms with Crippen LogP contribution in [0.1, 0.15) is 54.9 Å². The van der Waals surface area contributed by atoms with Gasteiger partial charge in [0.25, 0.3) is 5.91 Å². The van der Waals surface area contributed by atoms with Gasteiger partial charge in [-0.3, -0.25) is 9.48 Å². The van der Waals surface area contributed by atoms with E-state index in [-0.39, 0.29) is 5.91 Å². The molecule has 2 aliphatic carbocycles. The minimum Gasteiger partial charge on any atom is -0.352 e. The first-order chi connectivity index (χ1) is 12.8.